The maximum Gasteiger partial charge on any atom is 0.137 e. The summed E-state index contributed by atoms with van der Waals surface area (Å²) in [5.41, 5.74) is 8.17. The minimum absolute atomic E-state index is 0.171. The lowest BCUT2D eigenvalue weighted by molar-refractivity contribution is 0.414. The summed E-state index contributed by atoms with van der Waals surface area (Å²) in [7, 11) is 1.58. The van der Waals surface area contributed by atoms with E-state index < -0.39 is 0 Å². The second-order valence-corrected chi connectivity index (χ2v) is 5.67. The molecule has 0 amide bonds. The van der Waals surface area contributed by atoms with Gasteiger partial charge in [-0.15, -0.1) is 0 Å². The van der Waals surface area contributed by atoms with Crippen molar-refractivity contribution in [3.05, 3.63) is 62.6 Å². The summed E-state index contributed by atoms with van der Waals surface area (Å²) < 4.78 is 5.12. The first-order valence-electron chi connectivity index (χ1n) is 6.04. The van der Waals surface area contributed by atoms with E-state index in [1.165, 1.54) is 0 Å². The standard InChI is InChI=1S/C15H14Cl3NO/c1-20-15-5-3-10(8-13(15)18)14(19)7-9-2-4-11(16)12(17)6-9/h2-6,8,14H,7,19H2,1H3. The SMILES string of the molecule is COc1ccc(C(N)Cc2ccc(Cl)c(Cl)c2)cc1Cl. The number of rotatable bonds is 4. The first-order valence-corrected chi connectivity index (χ1v) is 7.17. The van der Waals surface area contributed by atoms with Gasteiger partial charge in [-0.25, -0.2) is 0 Å². The molecule has 0 spiro atoms. The Kier molecular flexibility index (Phi) is 5.17. The van der Waals surface area contributed by atoms with Crippen molar-refractivity contribution in [2.75, 3.05) is 7.11 Å². The normalized spacial score (nSPS) is 12.2. The number of methoxy groups -OCH3 is 1. The van der Waals surface area contributed by atoms with Crippen molar-refractivity contribution in [1.29, 1.82) is 0 Å². The quantitative estimate of drug-likeness (QED) is 0.865. The van der Waals surface area contributed by atoms with Crippen LogP contribution in [0.2, 0.25) is 15.1 Å². The van der Waals surface area contributed by atoms with E-state index in [0.717, 1.165) is 11.1 Å². The van der Waals surface area contributed by atoms with Gasteiger partial charge in [0.25, 0.3) is 0 Å². The molecule has 0 heterocycles. The van der Waals surface area contributed by atoms with E-state index in [1.54, 1.807) is 13.2 Å². The predicted octanol–water partition coefficient (Wildman–Crippen LogP) is 4.90. The van der Waals surface area contributed by atoms with E-state index in [0.29, 0.717) is 27.2 Å². The molecule has 2 aromatic rings. The van der Waals surface area contributed by atoms with Gasteiger partial charge in [0.2, 0.25) is 0 Å². The average molecular weight is 331 g/mol. The number of halogens is 3. The van der Waals surface area contributed by atoms with Gasteiger partial charge in [0.1, 0.15) is 5.75 Å². The fraction of sp³-hybridized carbons (Fsp3) is 0.200. The molecule has 2 rings (SSSR count). The molecule has 0 radical (unpaired) electrons. The largest absolute Gasteiger partial charge is 0.495 e. The molecule has 0 saturated heterocycles. The van der Waals surface area contributed by atoms with Crippen molar-refractivity contribution >= 4 is 34.8 Å². The highest BCUT2D eigenvalue weighted by atomic mass is 35.5. The predicted molar refractivity (Wildman–Crippen MR) is 85.1 cm³/mol. The van der Waals surface area contributed by atoms with Crippen molar-refractivity contribution in [2.45, 2.75) is 12.5 Å². The molecule has 2 nitrogen and oxygen atoms in total. The minimum Gasteiger partial charge on any atom is -0.495 e. The summed E-state index contributed by atoms with van der Waals surface area (Å²) >= 11 is 18.0. The Balaban J connectivity index is 2.17. The highest BCUT2D eigenvalue weighted by Gasteiger charge is 2.11. The van der Waals surface area contributed by atoms with E-state index in [2.05, 4.69) is 0 Å². The van der Waals surface area contributed by atoms with Gasteiger partial charge in [-0.2, -0.15) is 0 Å². The minimum atomic E-state index is -0.171. The van der Waals surface area contributed by atoms with E-state index in [4.69, 9.17) is 45.3 Å². The fourth-order valence-electron chi connectivity index (χ4n) is 1.95. The number of hydrogen-bond donors (Lipinski definition) is 1. The third-order valence-corrected chi connectivity index (χ3v) is 4.08. The van der Waals surface area contributed by atoms with Crippen LogP contribution in [0.4, 0.5) is 0 Å². The molecule has 0 aliphatic heterocycles. The summed E-state index contributed by atoms with van der Waals surface area (Å²) in [5, 5.41) is 1.62. The molecular formula is C15H14Cl3NO. The molecule has 2 aromatic carbocycles. The van der Waals surface area contributed by atoms with Crippen LogP contribution in [0.5, 0.6) is 5.75 Å². The molecule has 5 heteroatoms. The summed E-state index contributed by atoms with van der Waals surface area (Å²) in [6.45, 7) is 0. The van der Waals surface area contributed by atoms with E-state index in [-0.39, 0.29) is 6.04 Å². The second-order valence-electron chi connectivity index (χ2n) is 4.45. The zero-order valence-electron chi connectivity index (χ0n) is 10.9. The van der Waals surface area contributed by atoms with Crippen LogP contribution in [0.3, 0.4) is 0 Å². The van der Waals surface area contributed by atoms with Gasteiger partial charge < -0.3 is 10.5 Å². The van der Waals surface area contributed by atoms with Crippen LogP contribution in [0.25, 0.3) is 0 Å². The maximum atomic E-state index is 6.20. The number of benzene rings is 2. The molecule has 0 bridgehead atoms. The van der Waals surface area contributed by atoms with Gasteiger partial charge >= 0.3 is 0 Å². The van der Waals surface area contributed by atoms with Gasteiger partial charge in [0.15, 0.2) is 0 Å². The third kappa shape index (κ3) is 3.58. The Hall–Kier alpha value is -0.930. The molecule has 20 heavy (non-hydrogen) atoms. The van der Waals surface area contributed by atoms with Gasteiger partial charge in [0, 0.05) is 6.04 Å². The highest BCUT2D eigenvalue weighted by molar-refractivity contribution is 6.42. The summed E-state index contributed by atoms with van der Waals surface area (Å²) in [4.78, 5) is 0. The molecule has 0 aromatic heterocycles. The van der Waals surface area contributed by atoms with Crippen LogP contribution in [-0.4, -0.2) is 7.11 Å². The maximum absolute atomic E-state index is 6.20. The summed E-state index contributed by atoms with van der Waals surface area (Å²) in [6, 6.07) is 10.9. The fourth-order valence-corrected chi connectivity index (χ4v) is 2.54. The molecule has 1 unspecified atom stereocenters. The Labute approximate surface area is 133 Å². The Bertz CT molecular complexity index is 616. The number of ether oxygens (including phenoxy) is 1. The molecule has 0 saturated carbocycles. The summed E-state index contributed by atoms with van der Waals surface area (Å²) in [5.74, 6) is 0.636. The Morgan fingerprint density at radius 3 is 2.35 bits per heavy atom. The Morgan fingerprint density at radius 2 is 1.75 bits per heavy atom. The van der Waals surface area contributed by atoms with Crippen molar-refractivity contribution < 1.29 is 4.74 Å². The first kappa shape index (κ1) is 15.5. The van der Waals surface area contributed by atoms with Gasteiger partial charge in [0.05, 0.1) is 22.2 Å². The van der Waals surface area contributed by atoms with Gasteiger partial charge in [-0.05, 0) is 41.8 Å². The molecule has 2 N–H and O–H groups in total. The smallest absolute Gasteiger partial charge is 0.137 e. The average Bonchev–Trinajstić information content (AvgIpc) is 2.42. The van der Waals surface area contributed by atoms with E-state index in [1.807, 2.05) is 30.3 Å². The van der Waals surface area contributed by atoms with Crippen molar-refractivity contribution in [3.8, 4) is 5.75 Å². The van der Waals surface area contributed by atoms with Gasteiger partial charge in [-0.1, -0.05) is 46.9 Å². The topological polar surface area (TPSA) is 35.2 Å². The molecule has 106 valence electrons. The molecule has 1 atom stereocenters. The molecular weight excluding hydrogens is 317 g/mol. The lowest BCUT2D eigenvalue weighted by atomic mass is 9.99. The summed E-state index contributed by atoms with van der Waals surface area (Å²) in [6.07, 6.45) is 0.652. The Morgan fingerprint density at radius 1 is 1.00 bits per heavy atom. The zero-order valence-corrected chi connectivity index (χ0v) is 13.1. The zero-order chi connectivity index (χ0) is 14.7. The lowest BCUT2D eigenvalue weighted by Gasteiger charge is -2.14. The van der Waals surface area contributed by atoms with Crippen LogP contribution >= 0.6 is 34.8 Å². The van der Waals surface area contributed by atoms with E-state index >= 15 is 0 Å². The van der Waals surface area contributed by atoms with Crippen LogP contribution in [-0.2, 0) is 6.42 Å². The van der Waals surface area contributed by atoms with Crippen molar-refractivity contribution in [3.63, 3.8) is 0 Å². The van der Waals surface area contributed by atoms with Crippen LogP contribution < -0.4 is 10.5 Å². The first-order chi connectivity index (χ1) is 9.51. The highest BCUT2D eigenvalue weighted by Crippen LogP contribution is 2.29. The molecule has 0 aliphatic carbocycles. The van der Waals surface area contributed by atoms with Crippen LogP contribution in [0.15, 0.2) is 36.4 Å². The van der Waals surface area contributed by atoms with Crippen molar-refractivity contribution in [1.82, 2.24) is 0 Å². The van der Waals surface area contributed by atoms with Crippen LogP contribution in [0.1, 0.15) is 17.2 Å². The number of nitrogens with two attached hydrogens (primary N) is 1. The van der Waals surface area contributed by atoms with E-state index in [9.17, 15) is 0 Å². The second kappa shape index (κ2) is 6.68. The monoisotopic (exact) mass is 329 g/mol. The third-order valence-electron chi connectivity index (χ3n) is 3.04. The van der Waals surface area contributed by atoms with Gasteiger partial charge in [-0.3, -0.25) is 0 Å². The molecule has 0 aliphatic rings. The van der Waals surface area contributed by atoms with Crippen molar-refractivity contribution in [2.24, 2.45) is 5.73 Å². The molecule has 0 fully saturated rings. The number of hydrogen-bond acceptors (Lipinski definition) is 2. The lowest BCUT2D eigenvalue weighted by Crippen LogP contribution is -2.13. The van der Waals surface area contributed by atoms with Crippen LogP contribution in [0, 0.1) is 0 Å².